The summed E-state index contributed by atoms with van der Waals surface area (Å²) in [7, 11) is -9.28. The van der Waals surface area contributed by atoms with Crippen LogP contribution in [-0.2, 0) is 25.0 Å². The molecule has 0 unspecified atom stereocenters. The number of phenolic OH excluding ortho intramolecular Hbond substituents is 1. The Labute approximate surface area is 219 Å². The molecule has 0 aliphatic rings. The molecule has 0 atom stereocenters. The summed E-state index contributed by atoms with van der Waals surface area (Å²) in [6.45, 7) is 3.94. The molecule has 0 spiro atoms. The minimum Gasteiger partial charge on any atom is -0.744 e. The Morgan fingerprint density at radius 3 is 1.80 bits per heavy atom. The van der Waals surface area contributed by atoms with Gasteiger partial charge in [0.25, 0.3) is 0 Å². The van der Waals surface area contributed by atoms with E-state index >= 15 is 0 Å². The van der Waals surface area contributed by atoms with Crippen LogP contribution in [0, 0.1) is 6.92 Å². The Balaban J connectivity index is 0. The van der Waals surface area contributed by atoms with E-state index in [1.54, 1.807) is 12.1 Å². The van der Waals surface area contributed by atoms with Crippen molar-refractivity contribution >= 4 is 37.8 Å². The number of hydrogen-bond acceptors (Lipinski definition) is 8. The zero-order valence-corrected chi connectivity index (χ0v) is 22.2. The summed E-state index contributed by atoms with van der Waals surface area (Å²) in [4.78, 5) is 7.07. The molecule has 150 valence electrons. The molecule has 0 fully saturated rings. The third-order valence-corrected chi connectivity index (χ3v) is 5.10. The average Bonchev–Trinajstić information content (AvgIpc) is 2.61. The Morgan fingerprint density at radius 2 is 1.37 bits per heavy atom. The summed E-state index contributed by atoms with van der Waals surface area (Å²) in [5.74, 6) is 0.338. The van der Waals surface area contributed by atoms with E-state index in [2.05, 4.69) is 0 Å². The van der Waals surface area contributed by atoms with Crippen LogP contribution >= 0.6 is 0 Å². The molecule has 30 heavy (non-hydrogen) atoms. The summed E-state index contributed by atoms with van der Waals surface area (Å²) in [6.07, 6.45) is 0. The van der Waals surface area contributed by atoms with E-state index in [-0.39, 0.29) is 69.9 Å². The number of benzene rings is 3. The largest absolute Gasteiger partial charge is 1.00 e. The zero-order valence-electron chi connectivity index (χ0n) is 16.6. The monoisotopic (exact) mass is 470 g/mol. The third-order valence-electron chi connectivity index (χ3n) is 3.37. The number of carbonyl (C=O) groups excluding carboxylic acids is 1. The number of aryl methyl sites for hydroxylation is 1. The van der Waals surface area contributed by atoms with Crippen LogP contribution in [0.4, 0.5) is 0 Å². The van der Waals surface area contributed by atoms with Crippen molar-refractivity contribution < 1.29 is 95.0 Å². The number of aromatic hydroxyl groups is 1. The molecule has 0 aliphatic carbocycles. The fourth-order valence-corrected chi connectivity index (χ4v) is 3.44. The number of hydrogen-bond donors (Lipinski definition) is 1. The van der Waals surface area contributed by atoms with Gasteiger partial charge in [-0.25, -0.2) is 16.8 Å². The van der Waals surface area contributed by atoms with E-state index < -0.39 is 30.0 Å². The summed E-state index contributed by atoms with van der Waals surface area (Å²) < 4.78 is 65.4. The van der Waals surface area contributed by atoms with E-state index in [1.165, 1.54) is 12.1 Å². The normalized spacial score (nSPS) is 10.2. The molecule has 0 aromatic heterocycles. The van der Waals surface area contributed by atoms with Crippen molar-refractivity contribution in [1.29, 1.82) is 0 Å². The molecule has 0 heterocycles. The first-order chi connectivity index (χ1) is 13.0. The SMILES string of the molecule is C=O.Cc1cccc(O)c1.O=S(=O)([O-])c1ccc2c(S(=O)(=O)[O-])cccc2c1.[Na+].[Na+]. The average molecular weight is 470 g/mol. The predicted octanol–water partition coefficient (Wildman–Crippen LogP) is -3.83. The Morgan fingerprint density at radius 1 is 0.800 bits per heavy atom. The predicted molar refractivity (Wildman–Crippen MR) is 99.8 cm³/mol. The van der Waals surface area contributed by atoms with E-state index in [0.29, 0.717) is 5.75 Å². The molecular formula is C18H16Na2O8S2. The third kappa shape index (κ3) is 9.56. The quantitative estimate of drug-likeness (QED) is 0.296. The minimum atomic E-state index is -4.66. The maximum absolute atomic E-state index is 11.0. The second kappa shape index (κ2) is 13.6. The molecule has 0 radical (unpaired) electrons. The van der Waals surface area contributed by atoms with Gasteiger partial charge in [-0.2, -0.15) is 0 Å². The topological polar surface area (TPSA) is 152 Å². The van der Waals surface area contributed by atoms with Crippen LogP contribution in [0.1, 0.15) is 5.56 Å². The van der Waals surface area contributed by atoms with Gasteiger partial charge in [0.1, 0.15) is 32.8 Å². The summed E-state index contributed by atoms with van der Waals surface area (Å²) in [5, 5.41) is 9.09. The number of rotatable bonds is 2. The van der Waals surface area contributed by atoms with Crippen molar-refractivity contribution in [3.05, 3.63) is 66.2 Å². The molecule has 1 N–H and O–H groups in total. The molecule has 0 amide bonds. The molecule has 3 rings (SSSR count). The Bertz CT molecular complexity index is 1160. The van der Waals surface area contributed by atoms with E-state index in [0.717, 1.165) is 29.8 Å². The van der Waals surface area contributed by atoms with Crippen molar-refractivity contribution in [2.45, 2.75) is 16.7 Å². The van der Waals surface area contributed by atoms with Crippen LogP contribution in [0.3, 0.4) is 0 Å². The van der Waals surface area contributed by atoms with E-state index in [1.807, 2.05) is 25.8 Å². The van der Waals surface area contributed by atoms with Gasteiger partial charge in [-0.05, 0) is 53.6 Å². The number of carbonyl (C=O) groups is 1. The van der Waals surface area contributed by atoms with Gasteiger partial charge in [0.15, 0.2) is 0 Å². The van der Waals surface area contributed by atoms with Gasteiger partial charge < -0.3 is 19.0 Å². The molecular weight excluding hydrogens is 454 g/mol. The van der Waals surface area contributed by atoms with Crippen molar-refractivity contribution in [3.8, 4) is 5.75 Å². The second-order valence-electron chi connectivity index (χ2n) is 5.39. The van der Waals surface area contributed by atoms with Crippen LogP contribution in [0.15, 0.2) is 70.5 Å². The van der Waals surface area contributed by atoms with Crippen molar-refractivity contribution in [2.75, 3.05) is 0 Å². The summed E-state index contributed by atoms with van der Waals surface area (Å²) in [5.41, 5.74) is 1.09. The molecule has 0 saturated carbocycles. The molecule has 0 saturated heterocycles. The van der Waals surface area contributed by atoms with Crippen LogP contribution in [-0.4, -0.2) is 37.8 Å². The molecule has 0 bridgehead atoms. The first kappa shape index (κ1) is 31.4. The number of fused-ring (bicyclic) bond motifs is 1. The smallest absolute Gasteiger partial charge is 0.744 e. The van der Waals surface area contributed by atoms with Gasteiger partial charge >= 0.3 is 59.1 Å². The van der Waals surface area contributed by atoms with Crippen molar-refractivity contribution in [3.63, 3.8) is 0 Å². The van der Waals surface area contributed by atoms with Crippen LogP contribution < -0.4 is 59.1 Å². The van der Waals surface area contributed by atoms with Gasteiger partial charge in [0, 0.05) is 0 Å². The molecule has 3 aromatic rings. The fraction of sp³-hybridized carbons (Fsp3) is 0.0556. The number of phenols is 1. The fourth-order valence-electron chi connectivity index (χ4n) is 2.23. The maximum Gasteiger partial charge on any atom is 1.00 e. The van der Waals surface area contributed by atoms with Crippen LogP contribution in [0.5, 0.6) is 5.75 Å². The summed E-state index contributed by atoms with van der Waals surface area (Å²) in [6, 6.07) is 14.1. The van der Waals surface area contributed by atoms with Crippen LogP contribution in [0.2, 0.25) is 0 Å². The van der Waals surface area contributed by atoms with Crippen molar-refractivity contribution in [1.82, 2.24) is 0 Å². The first-order valence-electron chi connectivity index (χ1n) is 7.47. The van der Waals surface area contributed by atoms with E-state index in [9.17, 15) is 25.9 Å². The molecule has 0 aliphatic heterocycles. The summed E-state index contributed by atoms with van der Waals surface area (Å²) >= 11 is 0. The maximum atomic E-state index is 11.0. The zero-order chi connectivity index (χ0) is 21.5. The molecule has 3 aromatic carbocycles. The van der Waals surface area contributed by atoms with Gasteiger partial charge in [0.05, 0.1) is 9.79 Å². The van der Waals surface area contributed by atoms with Crippen molar-refractivity contribution in [2.24, 2.45) is 0 Å². The molecule has 8 nitrogen and oxygen atoms in total. The Kier molecular flexibility index (Phi) is 14.2. The standard InChI is InChI=1S/C10H8O6S2.C7H8O.CH2O.2Na/c11-17(12,13)8-4-5-9-7(6-8)2-1-3-10(9)18(14,15)16;1-6-3-2-4-7(8)5-6;1-2;;/h1-6H,(H,11,12,13)(H,14,15,16);2-5,8H,1H3;1H2;;/q;;;2*+1/p-2. The second-order valence-corrected chi connectivity index (χ2v) is 8.11. The van der Waals surface area contributed by atoms with Gasteiger partial charge in [0.2, 0.25) is 0 Å². The first-order valence-corrected chi connectivity index (χ1v) is 10.3. The van der Waals surface area contributed by atoms with Gasteiger partial charge in [-0.1, -0.05) is 30.3 Å². The molecule has 12 heteroatoms. The minimum absolute atomic E-state index is 0. The Hall–Kier alpha value is -0.790. The van der Waals surface area contributed by atoms with Gasteiger partial charge in [-0.3, -0.25) is 0 Å². The van der Waals surface area contributed by atoms with Gasteiger partial charge in [-0.15, -0.1) is 0 Å². The van der Waals surface area contributed by atoms with E-state index in [4.69, 9.17) is 9.90 Å². The van der Waals surface area contributed by atoms with Crippen LogP contribution in [0.25, 0.3) is 10.8 Å².